The van der Waals surface area contributed by atoms with Crippen molar-refractivity contribution in [1.29, 1.82) is 0 Å². The zero-order valence-electron chi connectivity index (χ0n) is 13.8. The molecule has 5 heteroatoms. The quantitative estimate of drug-likeness (QED) is 0.652. The molecule has 0 saturated carbocycles. The van der Waals surface area contributed by atoms with E-state index >= 15 is 0 Å². The van der Waals surface area contributed by atoms with Gasteiger partial charge in [0.25, 0.3) is 0 Å². The number of hydrogen-bond acceptors (Lipinski definition) is 2. The molecule has 0 amide bonds. The van der Waals surface area contributed by atoms with Crippen molar-refractivity contribution in [1.82, 2.24) is 5.32 Å². The largest absolute Gasteiger partial charge is 0.385 e. The molecule has 0 aromatic heterocycles. The Labute approximate surface area is 140 Å². The molecule has 0 fully saturated rings. The highest BCUT2D eigenvalue weighted by atomic mass is 19.2. The van der Waals surface area contributed by atoms with Gasteiger partial charge < -0.3 is 10.6 Å². The minimum atomic E-state index is -1.06. The Morgan fingerprint density at radius 2 is 1.83 bits per heavy atom. The number of aryl methyl sites for hydroxylation is 1. The van der Waals surface area contributed by atoms with E-state index in [0.29, 0.717) is 17.8 Å². The van der Waals surface area contributed by atoms with Gasteiger partial charge in [-0.15, -0.1) is 0 Å². The van der Waals surface area contributed by atoms with Crippen LogP contribution in [0.15, 0.2) is 36.9 Å². The molecule has 2 rings (SSSR count). The molecule has 0 aliphatic carbocycles. The minimum Gasteiger partial charge on any atom is -0.385 e. The molecule has 0 heterocycles. The number of unbranched alkanes of at least 4 members (excludes halogenated alkanes) is 1. The predicted molar refractivity (Wildman–Crippen MR) is 92.7 cm³/mol. The third kappa shape index (κ3) is 4.10. The van der Waals surface area contributed by atoms with Crippen LogP contribution >= 0.6 is 0 Å². The maximum absolute atomic E-state index is 14.3. The first-order valence-corrected chi connectivity index (χ1v) is 7.88. The zero-order valence-corrected chi connectivity index (χ0v) is 13.8. The molecule has 2 N–H and O–H groups in total. The van der Waals surface area contributed by atoms with Crippen LogP contribution in [0.5, 0.6) is 0 Å². The molecule has 128 valence electrons. The van der Waals surface area contributed by atoms with Crippen LogP contribution in [-0.2, 0) is 0 Å². The van der Waals surface area contributed by atoms with E-state index in [0.717, 1.165) is 24.5 Å². The van der Waals surface area contributed by atoms with Crippen molar-refractivity contribution in [2.75, 3.05) is 11.9 Å². The monoisotopic (exact) mass is 334 g/mol. The van der Waals surface area contributed by atoms with E-state index in [1.165, 1.54) is 18.2 Å². The molecular weight excluding hydrogens is 313 g/mol. The molecule has 2 aromatic rings. The van der Waals surface area contributed by atoms with Gasteiger partial charge in [-0.25, -0.2) is 13.2 Å². The molecule has 24 heavy (non-hydrogen) atoms. The minimum absolute atomic E-state index is 0.0766. The lowest BCUT2D eigenvalue weighted by Crippen LogP contribution is -2.14. The summed E-state index contributed by atoms with van der Waals surface area (Å²) >= 11 is 0. The first-order valence-electron chi connectivity index (χ1n) is 7.88. The van der Waals surface area contributed by atoms with E-state index in [1.54, 1.807) is 13.0 Å². The number of nitrogens with one attached hydrogen (secondary N) is 2. The Morgan fingerprint density at radius 1 is 1.08 bits per heavy atom. The normalized spacial score (nSPS) is 10.5. The fourth-order valence-corrected chi connectivity index (χ4v) is 2.29. The number of rotatable bonds is 7. The third-order valence-corrected chi connectivity index (χ3v) is 3.67. The van der Waals surface area contributed by atoms with Gasteiger partial charge in [-0.05, 0) is 43.2 Å². The van der Waals surface area contributed by atoms with E-state index in [1.807, 2.05) is 0 Å². The van der Waals surface area contributed by atoms with Crippen LogP contribution in [0.4, 0.5) is 24.5 Å². The molecule has 2 aromatic carbocycles. The third-order valence-electron chi connectivity index (χ3n) is 3.67. The molecule has 0 spiro atoms. The van der Waals surface area contributed by atoms with Crippen molar-refractivity contribution in [3.8, 4) is 0 Å². The van der Waals surface area contributed by atoms with E-state index in [4.69, 9.17) is 0 Å². The summed E-state index contributed by atoms with van der Waals surface area (Å²) in [5.41, 5.74) is 1.51. The van der Waals surface area contributed by atoms with Crippen LogP contribution < -0.4 is 10.6 Å². The maximum Gasteiger partial charge on any atom is 0.182 e. The zero-order chi connectivity index (χ0) is 17.7. The summed E-state index contributed by atoms with van der Waals surface area (Å²) in [6, 6.07) is 6.97. The fraction of sp³-hybridized carbons (Fsp3) is 0.263. The molecule has 0 radical (unpaired) electrons. The molecule has 0 saturated heterocycles. The number of benzene rings is 2. The van der Waals surface area contributed by atoms with Crippen molar-refractivity contribution in [3.05, 3.63) is 65.5 Å². The van der Waals surface area contributed by atoms with Gasteiger partial charge in [0.2, 0.25) is 0 Å². The van der Waals surface area contributed by atoms with E-state index in [9.17, 15) is 13.2 Å². The topological polar surface area (TPSA) is 24.1 Å². The summed E-state index contributed by atoms with van der Waals surface area (Å²) < 4.78 is 41.9. The fourth-order valence-electron chi connectivity index (χ4n) is 2.29. The first-order chi connectivity index (χ1) is 11.4. The molecule has 0 unspecified atom stereocenters. The maximum atomic E-state index is 14.3. The van der Waals surface area contributed by atoms with Gasteiger partial charge >= 0.3 is 0 Å². The van der Waals surface area contributed by atoms with E-state index in [2.05, 4.69) is 24.1 Å². The highest BCUT2D eigenvalue weighted by Gasteiger charge is 2.17. The van der Waals surface area contributed by atoms with Gasteiger partial charge in [0.15, 0.2) is 11.6 Å². The van der Waals surface area contributed by atoms with Gasteiger partial charge in [-0.2, -0.15) is 0 Å². The second-order valence-corrected chi connectivity index (χ2v) is 5.65. The van der Waals surface area contributed by atoms with Crippen molar-refractivity contribution in [2.24, 2.45) is 0 Å². The summed E-state index contributed by atoms with van der Waals surface area (Å²) in [6.45, 7) is 8.35. The van der Waals surface area contributed by atoms with Crippen molar-refractivity contribution in [3.63, 3.8) is 0 Å². The number of anilines is 2. The summed E-state index contributed by atoms with van der Waals surface area (Å²) in [6.07, 6.45) is 1.93. The highest BCUT2D eigenvalue weighted by molar-refractivity contribution is 5.78. The molecule has 0 bridgehead atoms. The lowest BCUT2D eigenvalue weighted by atomic mass is 10.1. The Bertz CT molecular complexity index is 742. The number of hydrogen-bond donors (Lipinski definition) is 2. The standard InChI is InChI=1S/C19H21F3N2/c1-4-5-10-23-13(3)14-7-8-15(20)18(22)19(14)24-17-9-6-12(2)11-16(17)21/h6-9,11,23-24H,3-5,10H2,1-2H3. The van der Waals surface area contributed by atoms with Crippen molar-refractivity contribution >= 4 is 17.1 Å². The van der Waals surface area contributed by atoms with Crippen molar-refractivity contribution in [2.45, 2.75) is 26.7 Å². The number of halogens is 3. The lowest BCUT2D eigenvalue weighted by Gasteiger charge is -2.17. The molecular formula is C19H21F3N2. The van der Waals surface area contributed by atoms with Gasteiger partial charge in [0, 0.05) is 17.8 Å². The van der Waals surface area contributed by atoms with Crippen molar-refractivity contribution < 1.29 is 13.2 Å². The van der Waals surface area contributed by atoms with E-state index < -0.39 is 17.5 Å². The SMILES string of the molecule is C=C(NCCCC)c1ccc(F)c(F)c1Nc1ccc(C)cc1F. The van der Waals surface area contributed by atoms with Crippen LogP contribution in [0.25, 0.3) is 5.70 Å². The van der Waals surface area contributed by atoms with Crippen LogP contribution in [0, 0.1) is 24.4 Å². The second kappa shape index (κ2) is 7.90. The highest BCUT2D eigenvalue weighted by Crippen LogP contribution is 2.31. The Kier molecular flexibility index (Phi) is 5.90. The van der Waals surface area contributed by atoms with Gasteiger partial charge in [0.1, 0.15) is 5.82 Å². The summed E-state index contributed by atoms with van der Waals surface area (Å²) in [4.78, 5) is 0. The molecule has 0 aliphatic rings. The smallest absolute Gasteiger partial charge is 0.182 e. The van der Waals surface area contributed by atoms with E-state index in [-0.39, 0.29) is 11.4 Å². The summed E-state index contributed by atoms with van der Waals surface area (Å²) in [7, 11) is 0. The average molecular weight is 334 g/mol. The Morgan fingerprint density at radius 3 is 2.50 bits per heavy atom. The van der Waals surface area contributed by atoms with Crippen LogP contribution in [-0.4, -0.2) is 6.54 Å². The molecule has 0 aliphatic heterocycles. The van der Waals surface area contributed by atoms with Crippen LogP contribution in [0.2, 0.25) is 0 Å². The lowest BCUT2D eigenvalue weighted by molar-refractivity contribution is 0.511. The van der Waals surface area contributed by atoms with Crippen LogP contribution in [0.3, 0.4) is 0 Å². The summed E-state index contributed by atoms with van der Waals surface area (Å²) in [5.74, 6) is -2.60. The van der Waals surface area contributed by atoms with Gasteiger partial charge in [0.05, 0.1) is 11.4 Å². The van der Waals surface area contributed by atoms with Gasteiger partial charge in [-0.3, -0.25) is 0 Å². The second-order valence-electron chi connectivity index (χ2n) is 5.65. The Balaban J connectivity index is 2.36. The summed E-state index contributed by atoms with van der Waals surface area (Å²) in [5, 5.41) is 5.74. The molecule has 0 atom stereocenters. The average Bonchev–Trinajstić information content (AvgIpc) is 2.54. The van der Waals surface area contributed by atoms with Gasteiger partial charge in [-0.1, -0.05) is 26.0 Å². The Hall–Kier alpha value is -2.43. The first kappa shape index (κ1) is 17.9. The molecule has 2 nitrogen and oxygen atoms in total. The van der Waals surface area contributed by atoms with Crippen LogP contribution in [0.1, 0.15) is 30.9 Å². The predicted octanol–water partition coefficient (Wildman–Crippen LogP) is 5.52.